The van der Waals surface area contributed by atoms with Gasteiger partial charge in [-0.05, 0) is 30.7 Å². The van der Waals surface area contributed by atoms with Crippen molar-refractivity contribution < 1.29 is 0 Å². The third-order valence-corrected chi connectivity index (χ3v) is 4.43. The molecule has 0 fully saturated rings. The first-order valence-electron chi connectivity index (χ1n) is 8.61. The normalized spacial score (nSPS) is 14.9. The summed E-state index contributed by atoms with van der Waals surface area (Å²) < 4.78 is 0. The highest BCUT2D eigenvalue weighted by atomic mass is 15.2. The third-order valence-electron chi connectivity index (χ3n) is 4.43. The van der Waals surface area contributed by atoms with Crippen molar-refractivity contribution in [3.8, 4) is 0 Å². The first kappa shape index (κ1) is 18.2. The molecule has 0 spiro atoms. The van der Waals surface area contributed by atoms with E-state index in [4.69, 9.17) is 5.73 Å². The van der Waals surface area contributed by atoms with E-state index in [-0.39, 0.29) is 6.04 Å². The highest BCUT2D eigenvalue weighted by Crippen LogP contribution is 2.26. The van der Waals surface area contributed by atoms with Crippen molar-refractivity contribution >= 4 is 0 Å². The molecule has 2 unspecified atom stereocenters. The van der Waals surface area contributed by atoms with Crippen LogP contribution >= 0.6 is 0 Å². The molecule has 0 radical (unpaired) electrons. The Bertz CT molecular complexity index is 370. The first-order chi connectivity index (χ1) is 10.0. The molecule has 1 aromatic carbocycles. The van der Waals surface area contributed by atoms with Gasteiger partial charge in [-0.15, -0.1) is 0 Å². The maximum atomic E-state index is 6.63. The number of nitrogens with two attached hydrogens (primary N) is 1. The van der Waals surface area contributed by atoms with E-state index in [0.29, 0.717) is 18.0 Å². The molecule has 0 amide bonds. The van der Waals surface area contributed by atoms with E-state index in [9.17, 15) is 0 Å². The van der Waals surface area contributed by atoms with Crippen LogP contribution < -0.4 is 5.73 Å². The molecule has 1 aromatic rings. The number of rotatable bonds is 9. The fourth-order valence-corrected chi connectivity index (χ4v) is 3.33. The summed E-state index contributed by atoms with van der Waals surface area (Å²) >= 11 is 0. The lowest BCUT2D eigenvalue weighted by Crippen LogP contribution is -2.49. The lowest BCUT2D eigenvalue weighted by Gasteiger charge is -2.41. The average molecular weight is 290 g/mol. The van der Waals surface area contributed by atoms with Gasteiger partial charge in [-0.25, -0.2) is 0 Å². The van der Waals surface area contributed by atoms with Gasteiger partial charge in [0.2, 0.25) is 0 Å². The molecule has 0 bridgehead atoms. The van der Waals surface area contributed by atoms with Crippen LogP contribution in [0.1, 0.15) is 65.5 Å². The number of nitrogens with zero attached hydrogens (tertiary/aromatic N) is 1. The standard InChI is InChI=1S/C19H34N2/c1-6-17(7-2)21(14-15(4)5)18(8-3)19(20)16-12-10-9-11-13-16/h9-13,15,17-19H,6-8,14,20H2,1-5H3. The van der Waals surface area contributed by atoms with E-state index in [1.54, 1.807) is 0 Å². The largest absolute Gasteiger partial charge is 0.323 e. The highest BCUT2D eigenvalue weighted by molar-refractivity contribution is 5.20. The van der Waals surface area contributed by atoms with E-state index in [1.807, 2.05) is 0 Å². The summed E-state index contributed by atoms with van der Waals surface area (Å²) in [7, 11) is 0. The summed E-state index contributed by atoms with van der Waals surface area (Å²) in [5, 5.41) is 0. The van der Waals surface area contributed by atoms with Gasteiger partial charge in [-0.3, -0.25) is 4.90 Å². The lowest BCUT2D eigenvalue weighted by molar-refractivity contribution is 0.0895. The molecule has 120 valence electrons. The maximum Gasteiger partial charge on any atom is 0.0453 e. The Labute approximate surface area is 131 Å². The fourth-order valence-electron chi connectivity index (χ4n) is 3.33. The van der Waals surface area contributed by atoms with E-state index < -0.39 is 0 Å². The molecule has 0 aliphatic carbocycles. The zero-order valence-corrected chi connectivity index (χ0v) is 14.5. The van der Waals surface area contributed by atoms with Gasteiger partial charge in [0.15, 0.2) is 0 Å². The molecule has 0 aliphatic rings. The van der Waals surface area contributed by atoms with Gasteiger partial charge in [0.1, 0.15) is 0 Å². The molecule has 0 saturated heterocycles. The quantitative estimate of drug-likeness (QED) is 0.719. The van der Waals surface area contributed by atoms with Gasteiger partial charge < -0.3 is 5.73 Å². The van der Waals surface area contributed by atoms with Crippen LogP contribution in [0.5, 0.6) is 0 Å². The predicted molar refractivity (Wildman–Crippen MR) is 93.4 cm³/mol. The van der Waals surface area contributed by atoms with Crippen LogP contribution in [0.4, 0.5) is 0 Å². The second kappa shape index (κ2) is 9.22. The van der Waals surface area contributed by atoms with Crippen molar-refractivity contribution in [1.29, 1.82) is 0 Å². The maximum absolute atomic E-state index is 6.63. The molecule has 2 atom stereocenters. The first-order valence-corrected chi connectivity index (χ1v) is 8.61. The van der Waals surface area contributed by atoms with Crippen molar-refractivity contribution in [2.45, 2.75) is 72.0 Å². The zero-order valence-electron chi connectivity index (χ0n) is 14.5. The monoisotopic (exact) mass is 290 g/mol. The van der Waals surface area contributed by atoms with Crippen molar-refractivity contribution in [1.82, 2.24) is 4.90 Å². The molecule has 0 saturated carbocycles. The Balaban J connectivity index is 2.99. The van der Waals surface area contributed by atoms with Gasteiger partial charge in [-0.2, -0.15) is 0 Å². The Morgan fingerprint density at radius 3 is 1.95 bits per heavy atom. The molecule has 2 N–H and O–H groups in total. The third kappa shape index (κ3) is 5.12. The molecule has 0 aromatic heterocycles. The zero-order chi connectivity index (χ0) is 15.8. The molecule has 21 heavy (non-hydrogen) atoms. The molecule has 0 aliphatic heterocycles. The lowest BCUT2D eigenvalue weighted by atomic mass is 9.93. The number of hydrogen-bond donors (Lipinski definition) is 1. The summed E-state index contributed by atoms with van der Waals surface area (Å²) in [6, 6.07) is 11.7. The van der Waals surface area contributed by atoms with Crippen LogP contribution in [0.15, 0.2) is 30.3 Å². The Morgan fingerprint density at radius 2 is 1.52 bits per heavy atom. The second-order valence-electron chi connectivity index (χ2n) is 6.47. The average Bonchev–Trinajstić information content (AvgIpc) is 2.49. The Hall–Kier alpha value is -0.860. The van der Waals surface area contributed by atoms with Crippen molar-refractivity contribution in [2.24, 2.45) is 11.7 Å². The SMILES string of the molecule is CCC(CC)N(CC(C)C)C(CC)C(N)c1ccccc1. The van der Waals surface area contributed by atoms with Gasteiger partial charge in [-0.1, -0.05) is 65.0 Å². The summed E-state index contributed by atoms with van der Waals surface area (Å²) in [4.78, 5) is 2.67. The van der Waals surface area contributed by atoms with Crippen LogP contribution in [0, 0.1) is 5.92 Å². The van der Waals surface area contributed by atoms with Gasteiger partial charge >= 0.3 is 0 Å². The summed E-state index contributed by atoms with van der Waals surface area (Å²) in [5.74, 6) is 0.669. The van der Waals surface area contributed by atoms with Crippen LogP contribution in [0.2, 0.25) is 0 Å². The molecular weight excluding hydrogens is 256 g/mol. The van der Waals surface area contributed by atoms with Gasteiger partial charge in [0.25, 0.3) is 0 Å². The molecular formula is C19H34N2. The topological polar surface area (TPSA) is 29.3 Å². The minimum Gasteiger partial charge on any atom is -0.323 e. The van der Waals surface area contributed by atoms with E-state index in [1.165, 1.54) is 18.4 Å². The second-order valence-corrected chi connectivity index (χ2v) is 6.47. The van der Waals surface area contributed by atoms with E-state index in [2.05, 4.69) is 69.9 Å². The fraction of sp³-hybridized carbons (Fsp3) is 0.684. The van der Waals surface area contributed by atoms with Gasteiger partial charge in [0, 0.05) is 24.7 Å². The minimum atomic E-state index is 0.0931. The summed E-state index contributed by atoms with van der Waals surface area (Å²) in [5.41, 5.74) is 7.89. The van der Waals surface area contributed by atoms with Crippen molar-refractivity contribution in [2.75, 3.05) is 6.54 Å². The highest BCUT2D eigenvalue weighted by Gasteiger charge is 2.29. The Kier molecular flexibility index (Phi) is 7.98. The summed E-state index contributed by atoms with van der Waals surface area (Å²) in [6.07, 6.45) is 3.49. The molecule has 2 heteroatoms. The number of hydrogen-bond acceptors (Lipinski definition) is 2. The number of benzene rings is 1. The smallest absolute Gasteiger partial charge is 0.0453 e. The van der Waals surface area contributed by atoms with Crippen LogP contribution in [0.25, 0.3) is 0 Å². The molecule has 1 rings (SSSR count). The van der Waals surface area contributed by atoms with Crippen LogP contribution in [0.3, 0.4) is 0 Å². The van der Waals surface area contributed by atoms with Crippen LogP contribution in [-0.4, -0.2) is 23.5 Å². The summed E-state index contributed by atoms with van der Waals surface area (Å²) in [6.45, 7) is 12.6. The van der Waals surface area contributed by atoms with Crippen molar-refractivity contribution in [3.63, 3.8) is 0 Å². The van der Waals surface area contributed by atoms with Crippen molar-refractivity contribution in [3.05, 3.63) is 35.9 Å². The minimum absolute atomic E-state index is 0.0931. The van der Waals surface area contributed by atoms with Crippen LogP contribution in [-0.2, 0) is 0 Å². The Morgan fingerprint density at radius 1 is 0.952 bits per heavy atom. The molecule has 0 heterocycles. The molecule has 2 nitrogen and oxygen atoms in total. The van der Waals surface area contributed by atoms with E-state index >= 15 is 0 Å². The van der Waals surface area contributed by atoms with E-state index in [0.717, 1.165) is 13.0 Å². The van der Waals surface area contributed by atoms with Gasteiger partial charge in [0.05, 0.1) is 0 Å². The predicted octanol–water partition coefficient (Wildman–Crippen LogP) is 4.61.